The molecule has 3 rings (SSSR count). The van der Waals surface area contributed by atoms with E-state index >= 15 is 0 Å². The Morgan fingerprint density at radius 3 is 2.14 bits per heavy atom. The zero-order valence-corrected chi connectivity index (χ0v) is 17.2. The standard InChI is InChI=1S/C26H28O3/c1-3-21-8-6-9-22(4-2)26(21)23-10-5-7-20(17-23)18-29-24-14-11-19(12-15-24)13-16-25(27)28/h5-12,14-15,17H,3-4,13,16,18H2,1-2H3,(H,27,28). The highest BCUT2D eigenvalue weighted by Gasteiger charge is 2.09. The van der Waals surface area contributed by atoms with Crippen LogP contribution in [-0.2, 0) is 30.7 Å². The highest BCUT2D eigenvalue weighted by molar-refractivity contribution is 5.72. The number of aliphatic carboxylic acids is 1. The second kappa shape index (κ2) is 9.92. The largest absolute Gasteiger partial charge is 0.489 e. The topological polar surface area (TPSA) is 46.5 Å². The van der Waals surface area contributed by atoms with Gasteiger partial charge in [-0.05, 0) is 70.8 Å². The number of carbonyl (C=O) groups is 1. The second-order valence-electron chi connectivity index (χ2n) is 7.19. The Bertz CT molecular complexity index is 936. The molecule has 0 radical (unpaired) electrons. The molecule has 0 bridgehead atoms. The molecule has 150 valence electrons. The molecule has 3 heteroatoms. The van der Waals surface area contributed by atoms with Gasteiger partial charge in [0, 0.05) is 6.42 Å². The van der Waals surface area contributed by atoms with Crippen LogP contribution in [0.5, 0.6) is 5.75 Å². The van der Waals surface area contributed by atoms with Gasteiger partial charge in [0.15, 0.2) is 0 Å². The van der Waals surface area contributed by atoms with Crippen molar-refractivity contribution in [1.82, 2.24) is 0 Å². The lowest BCUT2D eigenvalue weighted by molar-refractivity contribution is -0.136. The van der Waals surface area contributed by atoms with Crippen LogP contribution in [-0.4, -0.2) is 11.1 Å². The molecular formula is C26H28O3. The first-order chi connectivity index (χ1) is 14.1. The van der Waals surface area contributed by atoms with E-state index in [0.29, 0.717) is 13.0 Å². The average molecular weight is 389 g/mol. The van der Waals surface area contributed by atoms with Gasteiger partial charge in [0.25, 0.3) is 0 Å². The number of aryl methyl sites for hydroxylation is 3. The summed E-state index contributed by atoms with van der Waals surface area (Å²) in [5, 5.41) is 8.79. The molecule has 0 saturated carbocycles. The first kappa shape index (κ1) is 20.7. The van der Waals surface area contributed by atoms with E-state index in [-0.39, 0.29) is 6.42 Å². The van der Waals surface area contributed by atoms with Crippen molar-refractivity contribution < 1.29 is 14.6 Å². The van der Waals surface area contributed by atoms with Gasteiger partial charge in [-0.3, -0.25) is 4.79 Å². The highest BCUT2D eigenvalue weighted by atomic mass is 16.5. The first-order valence-electron chi connectivity index (χ1n) is 10.2. The maximum absolute atomic E-state index is 10.7. The Kier molecular flexibility index (Phi) is 7.07. The summed E-state index contributed by atoms with van der Waals surface area (Å²) >= 11 is 0. The monoisotopic (exact) mass is 388 g/mol. The van der Waals surface area contributed by atoms with Crippen LogP contribution in [0.1, 0.15) is 42.5 Å². The zero-order chi connectivity index (χ0) is 20.6. The molecule has 0 aromatic heterocycles. The van der Waals surface area contributed by atoms with Crippen LogP contribution in [0.15, 0.2) is 66.7 Å². The normalized spacial score (nSPS) is 10.7. The fraction of sp³-hybridized carbons (Fsp3) is 0.269. The van der Waals surface area contributed by atoms with E-state index in [0.717, 1.165) is 29.7 Å². The quantitative estimate of drug-likeness (QED) is 0.483. The molecule has 3 aromatic rings. The van der Waals surface area contributed by atoms with E-state index in [1.54, 1.807) is 0 Å². The summed E-state index contributed by atoms with van der Waals surface area (Å²) in [5.74, 6) is 0.0127. The number of rotatable bonds is 9. The number of carboxylic acid groups (broad SMARTS) is 1. The predicted molar refractivity (Wildman–Crippen MR) is 117 cm³/mol. The maximum atomic E-state index is 10.7. The van der Waals surface area contributed by atoms with E-state index < -0.39 is 5.97 Å². The highest BCUT2D eigenvalue weighted by Crippen LogP contribution is 2.30. The van der Waals surface area contributed by atoms with Gasteiger partial charge in [-0.1, -0.05) is 62.4 Å². The SMILES string of the molecule is CCc1cccc(CC)c1-c1cccc(COc2ccc(CCC(=O)O)cc2)c1. The summed E-state index contributed by atoms with van der Waals surface area (Å²) in [6.45, 7) is 4.90. The minimum atomic E-state index is -0.777. The summed E-state index contributed by atoms with van der Waals surface area (Å²) in [6.07, 6.45) is 2.70. The van der Waals surface area contributed by atoms with Gasteiger partial charge in [0.1, 0.15) is 12.4 Å². The number of hydrogen-bond donors (Lipinski definition) is 1. The van der Waals surface area contributed by atoms with Crippen molar-refractivity contribution in [3.63, 3.8) is 0 Å². The minimum Gasteiger partial charge on any atom is -0.489 e. The number of benzene rings is 3. The van der Waals surface area contributed by atoms with Crippen molar-refractivity contribution in [2.24, 2.45) is 0 Å². The smallest absolute Gasteiger partial charge is 0.303 e. The lowest BCUT2D eigenvalue weighted by Crippen LogP contribution is -1.99. The predicted octanol–water partition coefficient (Wildman–Crippen LogP) is 6.07. The van der Waals surface area contributed by atoms with Gasteiger partial charge in [-0.15, -0.1) is 0 Å². The van der Waals surface area contributed by atoms with Crippen LogP contribution in [0.4, 0.5) is 0 Å². The van der Waals surface area contributed by atoms with Crippen LogP contribution in [0, 0.1) is 0 Å². The lowest BCUT2D eigenvalue weighted by Gasteiger charge is -2.15. The fourth-order valence-corrected chi connectivity index (χ4v) is 3.60. The van der Waals surface area contributed by atoms with Crippen molar-refractivity contribution in [2.75, 3.05) is 0 Å². The molecule has 3 aromatic carbocycles. The first-order valence-corrected chi connectivity index (χ1v) is 10.2. The van der Waals surface area contributed by atoms with Crippen LogP contribution < -0.4 is 4.74 Å². The lowest BCUT2D eigenvalue weighted by atomic mass is 9.91. The van der Waals surface area contributed by atoms with Crippen LogP contribution in [0.3, 0.4) is 0 Å². The maximum Gasteiger partial charge on any atom is 0.303 e. The third kappa shape index (κ3) is 5.47. The van der Waals surface area contributed by atoms with Gasteiger partial charge in [0.05, 0.1) is 0 Å². The third-order valence-corrected chi connectivity index (χ3v) is 5.17. The van der Waals surface area contributed by atoms with Crippen molar-refractivity contribution in [2.45, 2.75) is 46.1 Å². The third-order valence-electron chi connectivity index (χ3n) is 5.17. The van der Waals surface area contributed by atoms with E-state index in [1.807, 2.05) is 24.3 Å². The number of hydrogen-bond acceptors (Lipinski definition) is 2. The summed E-state index contributed by atoms with van der Waals surface area (Å²) in [5.41, 5.74) is 7.47. The molecular weight excluding hydrogens is 360 g/mol. The Balaban J connectivity index is 1.72. The van der Waals surface area contributed by atoms with Gasteiger partial charge in [-0.2, -0.15) is 0 Å². The van der Waals surface area contributed by atoms with E-state index in [9.17, 15) is 4.79 Å². The molecule has 29 heavy (non-hydrogen) atoms. The fourth-order valence-electron chi connectivity index (χ4n) is 3.60. The number of ether oxygens (including phenoxy) is 1. The summed E-state index contributed by atoms with van der Waals surface area (Å²) in [4.78, 5) is 10.7. The molecule has 0 spiro atoms. The molecule has 0 unspecified atom stereocenters. The van der Waals surface area contributed by atoms with Crippen molar-refractivity contribution in [3.05, 3.63) is 89.0 Å². The molecule has 0 atom stereocenters. The van der Waals surface area contributed by atoms with Crippen LogP contribution >= 0.6 is 0 Å². The van der Waals surface area contributed by atoms with E-state index in [4.69, 9.17) is 9.84 Å². The molecule has 0 amide bonds. The Hall–Kier alpha value is -3.07. The summed E-state index contributed by atoms with van der Waals surface area (Å²) in [7, 11) is 0. The average Bonchev–Trinajstić information content (AvgIpc) is 2.76. The molecule has 0 aliphatic carbocycles. The van der Waals surface area contributed by atoms with Gasteiger partial charge < -0.3 is 9.84 Å². The van der Waals surface area contributed by atoms with E-state index in [2.05, 4.69) is 56.3 Å². The summed E-state index contributed by atoms with van der Waals surface area (Å²) < 4.78 is 5.96. The molecule has 1 N–H and O–H groups in total. The van der Waals surface area contributed by atoms with E-state index in [1.165, 1.54) is 22.3 Å². The van der Waals surface area contributed by atoms with Crippen LogP contribution in [0.25, 0.3) is 11.1 Å². The second-order valence-corrected chi connectivity index (χ2v) is 7.19. The molecule has 0 aliphatic heterocycles. The number of carboxylic acids is 1. The Labute approximate surface area is 173 Å². The van der Waals surface area contributed by atoms with Crippen LogP contribution in [0.2, 0.25) is 0 Å². The summed E-state index contributed by atoms with van der Waals surface area (Å²) in [6, 6.07) is 22.8. The van der Waals surface area contributed by atoms with Gasteiger partial charge >= 0.3 is 5.97 Å². The molecule has 0 heterocycles. The zero-order valence-electron chi connectivity index (χ0n) is 17.2. The Morgan fingerprint density at radius 2 is 1.52 bits per heavy atom. The van der Waals surface area contributed by atoms with Crippen molar-refractivity contribution in [1.29, 1.82) is 0 Å². The van der Waals surface area contributed by atoms with Crippen molar-refractivity contribution in [3.8, 4) is 16.9 Å². The Morgan fingerprint density at radius 1 is 0.862 bits per heavy atom. The molecule has 0 saturated heterocycles. The minimum absolute atomic E-state index is 0.145. The molecule has 3 nitrogen and oxygen atoms in total. The van der Waals surface area contributed by atoms with Gasteiger partial charge in [-0.25, -0.2) is 0 Å². The van der Waals surface area contributed by atoms with Gasteiger partial charge in [0.2, 0.25) is 0 Å². The molecule has 0 fully saturated rings. The molecule has 0 aliphatic rings. The van der Waals surface area contributed by atoms with Crippen molar-refractivity contribution >= 4 is 5.97 Å².